The van der Waals surface area contributed by atoms with Gasteiger partial charge >= 0.3 is 11.9 Å². The van der Waals surface area contributed by atoms with Crippen molar-refractivity contribution < 1.29 is 24.2 Å². The van der Waals surface area contributed by atoms with Gasteiger partial charge in [0.05, 0.1) is 18.4 Å². The highest BCUT2D eigenvalue weighted by atomic mass is 32.1. The molecule has 2 N–H and O–H groups in total. The van der Waals surface area contributed by atoms with Crippen LogP contribution in [0.1, 0.15) is 35.7 Å². The first-order valence-corrected chi connectivity index (χ1v) is 11.4. The number of carbonyl (C=O) groups excluding carboxylic acids is 2. The van der Waals surface area contributed by atoms with E-state index < -0.39 is 23.8 Å². The second kappa shape index (κ2) is 8.67. The van der Waals surface area contributed by atoms with E-state index in [1.54, 1.807) is 0 Å². The first kappa shape index (κ1) is 21.3. The Balaban J connectivity index is 1.65. The summed E-state index contributed by atoms with van der Waals surface area (Å²) >= 11 is 1.26. The smallest absolute Gasteiger partial charge is 0.341 e. The monoisotopic (exact) mass is 439 g/mol. The number of amides is 1. The van der Waals surface area contributed by atoms with E-state index in [2.05, 4.69) is 5.32 Å². The van der Waals surface area contributed by atoms with Crippen molar-refractivity contribution in [2.24, 2.45) is 23.7 Å². The molecule has 0 spiro atoms. The number of esters is 1. The van der Waals surface area contributed by atoms with Gasteiger partial charge in [0.15, 0.2) is 0 Å². The van der Waals surface area contributed by atoms with Crippen LogP contribution in [0.5, 0.6) is 0 Å². The van der Waals surface area contributed by atoms with Gasteiger partial charge in [-0.25, -0.2) is 4.79 Å². The number of thiophene rings is 1. The van der Waals surface area contributed by atoms with E-state index >= 15 is 0 Å². The molecule has 0 aliphatic heterocycles. The number of nitrogens with one attached hydrogen (secondary N) is 1. The molecule has 7 heteroatoms. The fourth-order valence-electron chi connectivity index (χ4n) is 4.58. The third-order valence-electron chi connectivity index (χ3n) is 6.08. The summed E-state index contributed by atoms with van der Waals surface area (Å²) in [6.45, 7) is 4.19. The number of ether oxygens (including phenoxy) is 1. The molecule has 0 radical (unpaired) electrons. The van der Waals surface area contributed by atoms with Gasteiger partial charge in [-0.2, -0.15) is 0 Å². The molecule has 0 saturated heterocycles. The summed E-state index contributed by atoms with van der Waals surface area (Å²) in [5.74, 6) is -3.37. The van der Waals surface area contributed by atoms with Crippen LogP contribution in [0.2, 0.25) is 0 Å². The summed E-state index contributed by atoms with van der Waals surface area (Å²) in [6.07, 6.45) is 5.22. The molecule has 1 aromatic heterocycles. The number of aliphatic carboxylic acids is 1. The molecule has 162 valence electrons. The summed E-state index contributed by atoms with van der Waals surface area (Å²) in [4.78, 5) is 37.8. The Morgan fingerprint density at radius 3 is 2.45 bits per heavy atom. The molecule has 4 rings (SSSR count). The first-order valence-electron chi connectivity index (χ1n) is 10.5. The number of allylic oxidation sites excluding steroid dienone is 2. The van der Waals surface area contributed by atoms with Crippen molar-refractivity contribution in [2.45, 2.75) is 26.7 Å². The zero-order chi connectivity index (χ0) is 22.1. The van der Waals surface area contributed by atoms with E-state index in [9.17, 15) is 19.5 Å². The Bertz CT molecular complexity index is 1040. The van der Waals surface area contributed by atoms with Gasteiger partial charge < -0.3 is 15.2 Å². The highest BCUT2D eigenvalue weighted by Gasteiger charge is 2.51. The predicted octanol–water partition coefficient (Wildman–Crippen LogP) is 4.75. The Morgan fingerprint density at radius 2 is 1.81 bits per heavy atom. The van der Waals surface area contributed by atoms with Crippen LogP contribution in [0.4, 0.5) is 5.00 Å². The van der Waals surface area contributed by atoms with Crippen LogP contribution >= 0.6 is 11.3 Å². The molecule has 31 heavy (non-hydrogen) atoms. The molecule has 6 nitrogen and oxygen atoms in total. The largest absolute Gasteiger partial charge is 0.481 e. The van der Waals surface area contributed by atoms with Crippen molar-refractivity contribution in [1.82, 2.24) is 0 Å². The Morgan fingerprint density at radius 1 is 1.13 bits per heavy atom. The van der Waals surface area contributed by atoms with Crippen LogP contribution < -0.4 is 5.32 Å². The minimum absolute atomic E-state index is 0.0851. The molecule has 1 heterocycles. The van der Waals surface area contributed by atoms with Crippen LogP contribution in [0, 0.1) is 30.6 Å². The second-order valence-electron chi connectivity index (χ2n) is 8.18. The molecule has 2 bridgehead atoms. The average molecular weight is 440 g/mol. The number of benzene rings is 1. The van der Waals surface area contributed by atoms with E-state index in [0.717, 1.165) is 11.1 Å². The highest BCUT2D eigenvalue weighted by molar-refractivity contribution is 7.15. The Kier molecular flexibility index (Phi) is 5.96. The van der Waals surface area contributed by atoms with Crippen molar-refractivity contribution in [1.29, 1.82) is 0 Å². The molecule has 1 fully saturated rings. The van der Waals surface area contributed by atoms with Gasteiger partial charge in [-0.1, -0.05) is 48.9 Å². The number of hydrogen-bond acceptors (Lipinski definition) is 5. The van der Waals surface area contributed by atoms with Crippen molar-refractivity contribution in [3.8, 4) is 11.1 Å². The fraction of sp³-hybridized carbons (Fsp3) is 0.375. The zero-order valence-corrected chi connectivity index (χ0v) is 18.3. The van der Waals surface area contributed by atoms with Gasteiger partial charge in [-0.15, -0.1) is 11.3 Å². The summed E-state index contributed by atoms with van der Waals surface area (Å²) in [6, 6.07) is 7.79. The van der Waals surface area contributed by atoms with Crippen molar-refractivity contribution in [3.05, 3.63) is 52.9 Å². The third kappa shape index (κ3) is 4.02. The molecule has 1 aromatic carbocycles. The molecular formula is C24H25NO5S. The maximum atomic E-state index is 13.1. The SMILES string of the molecule is CCCOC(=O)c1c(-c2ccc(C)cc2)csc1NC(=O)[C@H]1[C@H](C(=O)O)[C@H]2C=C[C@H]1C2. The van der Waals surface area contributed by atoms with Crippen LogP contribution in [-0.4, -0.2) is 29.6 Å². The summed E-state index contributed by atoms with van der Waals surface area (Å²) < 4.78 is 5.39. The van der Waals surface area contributed by atoms with Crippen LogP contribution in [0.15, 0.2) is 41.8 Å². The molecular weight excluding hydrogens is 414 g/mol. The lowest BCUT2D eigenvalue weighted by Gasteiger charge is -2.23. The van der Waals surface area contributed by atoms with Crippen molar-refractivity contribution >= 4 is 34.2 Å². The van der Waals surface area contributed by atoms with Gasteiger partial charge in [0.2, 0.25) is 5.91 Å². The van der Waals surface area contributed by atoms with E-state index in [0.29, 0.717) is 29.0 Å². The van der Waals surface area contributed by atoms with Gasteiger partial charge in [-0.05, 0) is 37.2 Å². The lowest BCUT2D eigenvalue weighted by molar-refractivity contribution is -0.146. The number of carboxylic acid groups (broad SMARTS) is 1. The van der Waals surface area contributed by atoms with E-state index in [1.165, 1.54) is 11.3 Å². The minimum Gasteiger partial charge on any atom is -0.481 e. The molecule has 2 aliphatic carbocycles. The zero-order valence-electron chi connectivity index (χ0n) is 17.5. The second-order valence-corrected chi connectivity index (χ2v) is 9.06. The molecule has 1 saturated carbocycles. The summed E-state index contributed by atoms with van der Waals surface area (Å²) in [5.41, 5.74) is 2.98. The number of aryl methyl sites for hydroxylation is 1. The Hall–Kier alpha value is -2.93. The quantitative estimate of drug-likeness (QED) is 0.480. The lowest BCUT2D eigenvalue weighted by atomic mass is 9.82. The van der Waals surface area contributed by atoms with Crippen molar-refractivity contribution in [2.75, 3.05) is 11.9 Å². The normalized spacial score (nSPS) is 23.7. The van der Waals surface area contributed by atoms with Crippen LogP contribution in [0.25, 0.3) is 11.1 Å². The Labute approximate surface area is 184 Å². The van der Waals surface area contributed by atoms with Crippen LogP contribution in [-0.2, 0) is 14.3 Å². The molecule has 0 unspecified atom stereocenters. The number of rotatable bonds is 7. The third-order valence-corrected chi connectivity index (χ3v) is 6.97. The average Bonchev–Trinajstić information content (AvgIpc) is 3.47. The first-order chi connectivity index (χ1) is 14.9. The van der Waals surface area contributed by atoms with Gasteiger partial charge in [0.1, 0.15) is 10.6 Å². The van der Waals surface area contributed by atoms with Gasteiger partial charge in [0.25, 0.3) is 0 Å². The van der Waals surface area contributed by atoms with E-state index in [-0.39, 0.29) is 24.3 Å². The number of anilines is 1. The van der Waals surface area contributed by atoms with Crippen LogP contribution in [0.3, 0.4) is 0 Å². The number of hydrogen-bond donors (Lipinski definition) is 2. The number of carbonyl (C=O) groups is 3. The molecule has 2 aliphatic rings. The van der Waals surface area contributed by atoms with Crippen molar-refractivity contribution in [3.63, 3.8) is 0 Å². The fourth-order valence-corrected chi connectivity index (χ4v) is 5.54. The van der Waals surface area contributed by atoms with Gasteiger partial charge in [0, 0.05) is 10.9 Å². The molecule has 4 atom stereocenters. The number of carboxylic acids is 1. The standard InChI is InChI=1S/C24H25NO5S/c1-3-10-30-24(29)20-17(14-6-4-13(2)5-7-14)12-31-22(20)25-21(26)18-15-8-9-16(11-15)19(18)23(27)28/h4-9,12,15-16,18-19H,3,10-11H2,1-2H3,(H,25,26)(H,27,28)/t15-,16-,18+,19+/m0/s1. The van der Waals surface area contributed by atoms with E-state index in [1.807, 2.05) is 55.6 Å². The maximum absolute atomic E-state index is 13.1. The topological polar surface area (TPSA) is 92.7 Å². The molecule has 1 amide bonds. The summed E-state index contributed by atoms with van der Waals surface area (Å²) in [7, 11) is 0. The minimum atomic E-state index is -0.953. The predicted molar refractivity (Wildman–Crippen MR) is 119 cm³/mol. The summed E-state index contributed by atoms with van der Waals surface area (Å²) in [5, 5.41) is 14.7. The molecule has 2 aromatic rings. The lowest BCUT2D eigenvalue weighted by Crippen LogP contribution is -2.36. The van der Waals surface area contributed by atoms with Gasteiger partial charge in [-0.3, -0.25) is 9.59 Å². The maximum Gasteiger partial charge on any atom is 0.341 e. The highest BCUT2D eigenvalue weighted by Crippen LogP contribution is 2.49. The number of fused-ring (bicyclic) bond motifs is 2. The van der Waals surface area contributed by atoms with E-state index in [4.69, 9.17) is 4.74 Å².